The molecule has 4 aliphatic carbocycles. The van der Waals surface area contributed by atoms with Crippen molar-refractivity contribution in [3.05, 3.63) is 34.7 Å². The Morgan fingerprint density at radius 3 is 2.59 bits per heavy atom. The average molecular weight is 387 g/mol. The highest BCUT2D eigenvalue weighted by atomic mass is 32.1. The molecule has 4 fully saturated rings. The number of aliphatic hydroxyl groups excluding tert-OH is 1. The summed E-state index contributed by atoms with van der Waals surface area (Å²) in [6.07, 6.45) is 8.40. The number of rotatable bonds is 5. The summed E-state index contributed by atoms with van der Waals surface area (Å²) in [5.41, 5.74) is 0.955. The van der Waals surface area contributed by atoms with Crippen molar-refractivity contribution in [3.8, 4) is 11.3 Å². The number of aliphatic hydroxyl groups is 1. The lowest BCUT2D eigenvalue weighted by Crippen LogP contribution is -2.61. The molecule has 0 saturated heterocycles. The van der Waals surface area contributed by atoms with Crippen LogP contribution in [0.5, 0.6) is 0 Å². The molecule has 1 unspecified atom stereocenters. The van der Waals surface area contributed by atoms with Gasteiger partial charge < -0.3 is 20.2 Å². The Labute approximate surface area is 163 Å². The van der Waals surface area contributed by atoms with E-state index in [-0.39, 0.29) is 18.1 Å². The zero-order valence-electron chi connectivity index (χ0n) is 15.3. The van der Waals surface area contributed by atoms with Crippen LogP contribution in [0.3, 0.4) is 0 Å². The van der Waals surface area contributed by atoms with Gasteiger partial charge in [0.1, 0.15) is 11.9 Å². The molecule has 1 atom stereocenters. The summed E-state index contributed by atoms with van der Waals surface area (Å²) in [5, 5.41) is 18.6. The number of hydrogen-bond donors (Lipinski definition) is 3. The zero-order chi connectivity index (χ0) is 18.4. The van der Waals surface area contributed by atoms with Gasteiger partial charge in [0.15, 0.2) is 0 Å². The number of hydrogen-bond acceptors (Lipinski definition) is 4. The topological polar surface area (TPSA) is 74.5 Å². The van der Waals surface area contributed by atoms with Crippen LogP contribution in [-0.4, -0.2) is 23.2 Å². The van der Waals surface area contributed by atoms with Gasteiger partial charge in [-0.1, -0.05) is 0 Å². The lowest BCUT2D eigenvalue weighted by Gasteiger charge is -2.56. The number of urea groups is 1. The lowest BCUT2D eigenvalue weighted by molar-refractivity contribution is -0.0136. The molecule has 2 heterocycles. The van der Waals surface area contributed by atoms with Crippen LogP contribution in [0.2, 0.25) is 0 Å². The Kier molecular flexibility index (Phi) is 4.28. The number of nitrogens with one attached hydrogen (secondary N) is 2. The molecule has 0 aliphatic heterocycles. The van der Waals surface area contributed by atoms with Crippen LogP contribution in [-0.2, 0) is 0 Å². The summed E-state index contributed by atoms with van der Waals surface area (Å²) in [4.78, 5) is 13.3. The number of amides is 2. The summed E-state index contributed by atoms with van der Waals surface area (Å²) in [7, 11) is 0. The highest BCUT2D eigenvalue weighted by molar-refractivity contribution is 7.10. The molecule has 0 spiro atoms. The van der Waals surface area contributed by atoms with Crippen LogP contribution < -0.4 is 10.6 Å². The predicted molar refractivity (Wildman–Crippen MR) is 104 cm³/mol. The van der Waals surface area contributed by atoms with Gasteiger partial charge in [0, 0.05) is 21.4 Å². The van der Waals surface area contributed by atoms with Gasteiger partial charge in [-0.25, -0.2) is 4.79 Å². The predicted octanol–water partition coefficient (Wildman–Crippen LogP) is 4.31. The van der Waals surface area contributed by atoms with Crippen LogP contribution in [0.4, 0.5) is 4.79 Å². The Morgan fingerprint density at radius 2 is 1.96 bits per heavy atom. The maximum absolute atomic E-state index is 12.5. The van der Waals surface area contributed by atoms with E-state index in [1.807, 2.05) is 23.6 Å². The van der Waals surface area contributed by atoms with Crippen LogP contribution in [0, 0.1) is 17.8 Å². The maximum Gasteiger partial charge on any atom is 0.315 e. The normalized spacial score (nSPS) is 32.4. The summed E-state index contributed by atoms with van der Waals surface area (Å²) < 4.78 is 5.39. The first-order valence-electron chi connectivity index (χ1n) is 9.95. The van der Waals surface area contributed by atoms with Crippen molar-refractivity contribution < 1.29 is 14.3 Å². The maximum atomic E-state index is 12.5. The van der Waals surface area contributed by atoms with Gasteiger partial charge in [0.05, 0.1) is 12.8 Å². The first-order valence-corrected chi connectivity index (χ1v) is 10.8. The van der Waals surface area contributed by atoms with Crippen LogP contribution in [0.25, 0.3) is 11.3 Å². The van der Waals surface area contributed by atoms with Crippen molar-refractivity contribution >= 4 is 17.4 Å². The minimum atomic E-state index is -0.708. The van der Waals surface area contributed by atoms with Crippen molar-refractivity contribution in [1.29, 1.82) is 0 Å². The second-order valence-electron chi connectivity index (χ2n) is 8.76. The van der Waals surface area contributed by atoms with E-state index >= 15 is 0 Å². The second-order valence-corrected chi connectivity index (χ2v) is 9.71. The van der Waals surface area contributed by atoms with Crippen LogP contribution in [0.15, 0.2) is 34.3 Å². The van der Waals surface area contributed by atoms with Crippen molar-refractivity contribution in [2.75, 3.05) is 6.54 Å². The first kappa shape index (κ1) is 17.3. The van der Waals surface area contributed by atoms with Gasteiger partial charge in [0.2, 0.25) is 0 Å². The minimum Gasteiger partial charge on any atom is -0.464 e. The fraction of sp³-hybridized carbons (Fsp3) is 0.571. The van der Waals surface area contributed by atoms with E-state index in [4.69, 9.17) is 4.42 Å². The molecule has 5 nitrogen and oxygen atoms in total. The standard InChI is InChI=1S/C21H26N2O3S/c24-17(19-7-16(12-27-19)18-2-1-3-26-18)11-22-20(25)23-21-8-13-4-14(9-21)6-15(5-13)10-21/h1-3,7,12-15,17,24H,4-6,8-11H2,(H2,22,23,25). The van der Waals surface area contributed by atoms with E-state index in [1.54, 1.807) is 6.26 Å². The van der Waals surface area contributed by atoms with E-state index in [0.29, 0.717) is 0 Å². The van der Waals surface area contributed by atoms with E-state index in [1.165, 1.54) is 30.6 Å². The van der Waals surface area contributed by atoms with Gasteiger partial charge in [0.25, 0.3) is 0 Å². The van der Waals surface area contributed by atoms with Gasteiger partial charge in [-0.3, -0.25) is 0 Å². The third kappa shape index (κ3) is 3.41. The Bertz CT molecular complexity index is 778. The quantitative estimate of drug-likeness (QED) is 0.717. The average Bonchev–Trinajstić information content (AvgIpc) is 3.29. The highest BCUT2D eigenvalue weighted by Gasteiger charge is 2.51. The molecule has 6 rings (SSSR count). The Morgan fingerprint density at radius 1 is 1.26 bits per heavy atom. The lowest BCUT2D eigenvalue weighted by atomic mass is 9.53. The molecule has 2 aromatic rings. The molecule has 6 heteroatoms. The van der Waals surface area contributed by atoms with Crippen molar-refractivity contribution in [2.24, 2.45) is 17.8 Å². The number of thiophene rings is 1. The molecule has 2 amide bonds. The molecule has 0 aromatic carbocycles. The van der Waals surface area contributed by atoms with E-state index in [9.17, 15) is 9.90 Å². The van der Waals surface area contributed by atoms with Crippen LogP contribution >= 0.6 is 11.3 Å². The van der Waals surface area contributed by atoms with Gasteiger partial charge >= 0.3 is 6.03 Å². The highest BCUT2D eigenvalue weighted by Crippen LogP contribution is 2.55. The molecule has 144 valence electrons. The van der Waals surface area contributed by atoms with Crippen molar-refractivity contribution in [3.63, 3.8) is 0 Å². The number of carbonyl (C=O) groups is 1. The number of carbonyl (C=O) groups excluding carboxylic acids is 1. The molecule has 0 radical (unpaired) electrons. The molecule has 27 heavy (non-hydrogen) atoms. The minimum absolute atomic E-state index is 0.000819. The third-order valence-electron chi connectivity index (χ3n) is 6.63. The van der Waals surface area contributed by atoms with Crippen molar-refractivity contribution in [1.82, 2.24) is 10.6 Å². The van der Waals surface area contributed by atoms with Crippen LogP contribution in [0.1, 0.15) is 49.5 Å². The molecular formula is C21H26N2O3S. The largest absolute Gasteiger partial charge is 0.464 e. The smallest absolute Gasteiger partial charge is 0.315 e. The third-order valence-corrected chi connectivity index (χ3v) is 7.66. The number of furan rings is 1. The second kappa shape index (κ2) is 6.67. The molecule has 3 N–H and O–H groups in total. The molecule has 4 aliphatic rings. The monoisotopic (exact) mass is 386 g/mol. The zero-order valence-corrected chi connectivity index (χ0v) is 16.1. The summed E-state index contributed by atoms with van der Waals surface area (Å²) >= 11 is 1.48. The fourth-order valence-corrected chi connectivity index (χ4v) is 6.82. The Balaban J connectivity index is 1.16. The SMILES string of the molecule is O=C(NCC(O)c1cc(-c2ccco2)cs1)NC12CC3CC(CC(C3)C1)C2. The Hall–Kier alpha value is -1.79. The molecular weight excluding hydrogens is 360 g/mol. The van der Waals surface area contributed by atoms with Gasteiger partial charge in [-0.2, -0.15) is 0 Å². The van der Waals surface area contributed by atoms with Gasteiger partial charge in [-0.05, 0) is 74.5 Å². The summed E-state index contributed by atoms with van der Waals surface area (Å²) in [6, 6.07) is 5.53. The fourth-order valence-electron chi connectivity index (χ4n) is 5.94. The van der Waals surface area contributed by atoms with Gasteiger partial charge in [-0.15, -0.1) is 11.3 Å². The summed E-state index contributed by atoms with van der Waals surface area (Å²) in [6.45, 7) is 0.219. The van der Waals surface area contributed by atoms with E-state index in [0.717, 1.165) is 53.2 Å². The summed E-state index contributed by atoms with van der Waals surface area (Å²) in [5.74, 6) is 3.19. The first-order chi connectivity index (χ1) is 13.1. The molecule has 4 saturated carbocycles. The molecule has 2 aromatic heterocycles. The van der Waals surface area contributed by atoms with E-state index < -0.39 is 6.10 Å². The van der Waals surface area contributed by atoms with E-state index in [2.05, 4.69) is 10.6 Å². The molecule has 4 bridgehead atoms. The van der Waals surface area contributed by atoms with Crippen molar-refractivity contribution in [2.45, 2.75) is 50.2 Å².